The predicted octanol–water partition coefficient (Wildman–Crippen LogP) is 0.727. The summed E-state index contributed by atoms with van der Waals surface area (Å²) in [5.41, 5.74) is 0.621. The normalized spacial score (nSPS) is 17.5. The molecule has 0 aliphatic carbocycles. The summed E-state index contributed by atoms with van der Waals surface area (Å²) >= 11 is 1.32. The molecular formula is C14H15NO4S. The number of nitrogens with zero attached hydrogens (tertiary/aromatic N) is 1. The van der Waals surface area contributed by atoms with E-state index >= 15 is 0 Å². The van der Waals surface area contributed by atoms with Crippen LogP contribution < -0.4 is 0 Å². The van der Waals surface area contributed by atoms with Crippen LogP contribution in [0.4, 0.5) is 0 Å². The van der Waals surface area contributed by atoms with Crippen LogP contribution in [0.2, 0.25) is 0 Å². The molecular weight excluding hydrogens is 278 g/mol. The second-order valence-corrected chi connectivity index (χ2v) is 5.30. The van der Waals surface area contributed by atoms with Gasteiger partial charge in [-0.1, -0.05) is 11.8 Å². The Balaban J connectivity index is 2.10. The molecule has 1 aromatic heterocycles. The van der Waals surface area contributed by atoms with Gasteiger partial charge in [0, 0.05) is 18.7 Å². The molecule has 0 spiro atoms. The maximum atomic E-state index is 12.4. The van der Waals surface area contributed by atoms with Crippen molar-refractivity contribution in [3.63, 3.8) is 0 Å². The van der Waals surface area contributed by atoms with Crippen LogP contribution in [0.15, 0.2) is 11.4 Å². The second-order valence-electron chi connectivity index (χ2n) is 4.38. The van der Waals surface area contributed by atoms with Crippen molar-refractivity contribution in [3.8, 4) is 11.8 Å². The van der Waals surface area contributed by atoms with E-state index in [2.05, 4.69) is 11.8 Å². The third-order valence-electron chi connectivity index (χ3n) is 3.17. The molecule has 1 aliphatic heterocycles. The van der Waals surface area contributed by atoms with E-state index in [1.807, 2.05) is 0 Å². The van der Waals surface area contributed by atoms with Gasteiger partial charge in [0.1, 0.15) is 11.5 Å². The first-order valence-electron chi connectivity index (χ1n) is 6.21. The number of methoxy groups -OCH3 is 1. The molecule has 2 heterocycles. The molecule has 1 fully saturated rings. The SMILES string of the molecule is COC(=O)C1CCN(C(=O)c2sccc2C#CCO)C1. The molecule has 1 atom stereocenters. The molecule has 20 heavy (non-hydrogen) atoms. The summed E-state index contributed by atoms with van der Waals surface area (Å²) < 4.78 is 4.71. The summed E-state index contributed by atoms with van der Waals surface area (Å²) in [4.78, 5) is 26.1. The molecule has 0 radical (unpaired) electrons. The van der Waals surface area contributed by atoms with Crippen molar-refractivity contribution in [1.29, 1.82) is 0 Å². The highest BCUT2D eigenvalue weighted by atomic mass is 32.1. The first-order chi connectivity index (χ1) is 9.67. The minimum atomic E-state index is -0.272. The fourth-order valence-corrected chi connectivity index (χ4v) is 2.97. The van der Waals surface area contributed by atoms with Gasteiger partial charge in [0.05, 0.1) is 13.0 Å². The zero-order chi connectivity index (χ0) is 14.5. The third kappa shape index (κ3) is 3.00. The van der Waals surface area contributed by atoms with Gasteiger partial charge in [-0.05, 0) is 17.9 Å². The van der Waals surface area contributed by atoms with Gasteiger partial charge < -0.3 is 14.7 Å². The van der Waals surface area contributed by atoms with Crippen LogP contribution in [0.25, 0.3) is 0 Å². The van der Waals surface area contributed by atoms with Gasteiger partial charge in [0.2, 0.25) is 0 Å². The van der Waals surface area contributed by atoms with Crippen molar-refractivity contribution in [2.45, 2.75) is 6.42 Å². The molecule has 5 nitrogen and oxygen atoms in total. The molecule has 1 N–H and O–H groups in total. The van der Waals surface area contributed by atoms with Crippen LogP contribution in [-0.2, 0) is 9.53 Å². The Morgan fingerprint density at radius 1 is 1.60 bits per heavy atom. The quantitative estimate of drug-likeness (QED) is 0.645. The molecule has 0 saturated carbocycles. The average molecular weight is 293 g/mol. The third-order valence-corrected chi connectivity index (χ3v) is 4.07. The van der Waals surface area contributed by atoms with Crippen molar-refractivity contribution in [1.82, 2.24) is 4.90 Å². The zero-order valence-corrected chi connectivity index (χ0v) is 11.9. The number of ether oxygens (including phenoxy) is 1. The number of carbonyl (C=O) groups excluding carboxylic acids is 2. The summed E-state index contributed by atoms with van der Waals surface area (Å²) in [6.45, 7) is 0.692. The molecule has 0 aromatic carbocycles. The Morgan fingerprint density at radius 2 is 2.40 bits per heavy atom. The Labute approximate surface area is 121 Å². The molecule has 2 rings (SSSR count). The molecule has 1 aromatic rings. The number of rotatable bonds is 2. The molecule has 0 bridgehead atoms. The summed E-state index contributed by atoms with van der Waals surface area (Å²) in [6, 6.07) is 1.76. The largest absolute Gasteiger partial charge is 0.469 e. The highest BCUT2D eigenvalue weighted by molar-refractivity contribution is 7.12. The van der Waals surface area contributed by atoms with Crippen molar-refractivity contribution in [2.75, 3.05) is 26.8 Å². The first kappa shape index (κ1) is 14.6. The molecule has 1 saturated heterocycles. The minimum absolute atomic E-state index is 0.117. The number of hydrogen-bond donors (Lipinski definition) is 1. The lowest BCUT2D eigenvalue weighted by atomic mass is 10.1. The first-order valence-corrected chi connectivity index (χ1v) is 7.09. The van der Waals surface area contributed by atoms with Crippen LogP contribution in [0.1, 0.15) is 21.7 Å². The van der Waals surface area contributed by atoms with Gasteiger partial charge in [-0.25, -0.2) is 0 Å². The Bertz CT molecular complexity index is 569. The van der Waals surface area contributed by atoms with Crippen molar-refractivity contribution in [2.24, 2.45) is 5.92 Å². The van der Waals surface area contributed by atoms with E-state index < -0.39 is 0 Å². The van der Waals surface area contributed by atoms with E-state index in [1.54, 1.807) is 16.3 Å². The maximum Gasteiger partial charge on any atom is 0.310 e. The molecule has 1 amide bonds. The van der Waals surface area contributed by atoms with E-state index in [9.17, 15) is 9.59 Å². The number of hydrogen-bond acceptors (Lipinski definition) is 5. The molecule has 6 heteroatoms. The Kier molecular flexibility index (Phi) is 4.77. The number of esters is 1. The number of amides is 1. The van der Waals surface area contributed by atoms with E-state index in [0.29, 0.717) is 30.0 Å². The minimum Gasteiger partial charge on any atom is -0.469 e. The summed E-state index contributed by atoms with van der Waals surface area (Å²) in [6.07, 6.45) is 0.626. The fourth-order valence-electron chi connectivity index (χ4n) is 2.16. The highest BCUT2D eigenvalue weighted by Gasteiger charge is 2.33. The average Bonchev–Trinajstić information content (AvgIpc) is 3.12. The molecule has 1 aliphatic rings. The van der Waals surface area contributed by atoms with E-state index in [-0.39, 0.29) is 24.4 Å². The summed E-state index contributed by atoms with van der Waals surface area (Å²) in [5.74, 6) is 4.68. The number of carbonyl (C=O) groups is 2. The van der Waals surface area contributed by atoms with Gasteiger partial charge in [0.25, 0.3) is 5.91 Å². The van der Waals surface area contributed by atoms with Crippen molar-refractivity contribution >= 4 is 23.2 Å². The lowest BCUT2D eigenvalue weighted by Crippen LogP contribution is -2.30. The zero-order valence-electron chi connectivity index (χ0n) is 11.1. The number of likely N-dealkylation sites (tertiary alicyclic amines) is 1. The van der Waals surface area contributed by atoms with Crippen LogP contribution in [-0.4, -0.2) is 48.7 Å². The van der Waals surface area contributed by atoms with Crippen LogP contribution in [0, 0.1) is 17.8 Å². The lowest BCUT2D eigenvalue weighted by Gasteiger charge is -2.15. The Morgan fingerprint density at radius 3 is 3.10 bits per heavy atom. The van der Waals surface area contributed by atoms with Crippen LogP contribution >= 0.6 is 11.3 Å². The molecule has 106 valence electrons. The monoisotopic (exact) mass is 293 g/mol. The van der Waals surface area contributed by atoms with Gasteiger partial charge in [-0.15, -0.1) is 11.3 Å². The topological polar surface area (TPSA) is 66.8 Å². The number of aliphatic hydroxyl groups is 1. The number of aliphatic hydroxyl groups excluding tert-OH is 1. The van der Waals surface area contributed by atoms with Crippen molar-refractivity contribution in [3.05, 3.63) is 21.9 Å². The molecule has 1 unspecified atom stereocenters. The fraction of sp³-hybridized carbons (Fsp3) is 0.429. The standard InChI is InChI=1S/C14H15NO4S/c1-19-14(18)11-4-6-15(9-11)13(17)12-10(3-2-7-16)5-8-20-12/h5,8,11,16H,4,6-7,9H2,1H3. The Hall–Kier alpha value is -1.84. The smallest absolute Gasteiger partial charge is 0.310 e. The lowest BCUT2D eigenvalue weighted by molar-refractivity contribution is -0.144. The van der Waals surface area contributed by atoms with Crippen molar-refractivity contribution < 1.29 is 19.4 Å². The second kappa shape index (κ2) is 6.55. The van der Waals surface area contributed by atoms with E-state index in [4.69, 9.17) is 9.84 Å². The van der Waals surface area contributed by atoms with Crippen LogP contribution in [0.3, 0.4) is 0 Å². The van der Waals surface area contributed by atoms with Gasteiger partial charge in [-0.3, -0.25) is 9.59 Å². The van der Waals surface area contributed by atoms with E-state index in [0.717, 1.165) is 0 Å². The van der Waals surface area contributed by atoms with Gasteiger partial charge >= 0.3 is 5.97 Å². The summed E-state index contributed by atoms with van der Waals surface area (Å²) in [7, 11) is 1.36. The summed E-state index contributed by atoms with van der Waals surface area (Å²) in [5, 5.41) is 10.5. The number of thiophene rings is 1. The highest BCUT2D eigenvalue weighted by Crippen LogP contribution is 2.23. The van der Waals surface area contributed by atoms with E-state index in [1.165, 1.54) is 18.4 Å². The predicted molar refractivity (Wildman–Crippen MR) is 74.3 cm³/mol. The van der Waals surface area contributed by atoms with Crippen LogP contribution in [0.5, 0.6) is 0 Å². The van der Waals surface area contributed by atoms with Gasteiger partial charge in [0.15, 0.2) is 0 Å². The maximum absolute atomic E-state index is 12.4. The van der Waals surface area contributed by atoms with Gasteiger partial charge in [-0.2, -0.15) is 0 Å².